The summed E-state index contributed by atoms with van der Waals surface area (Å²) in [5.74, 6) is 2.85. The number of rotatable bonds is 2. The molecule has 0 aromatic carbocycles. The molecule has 4 rings (SSSR count). The van der Waals surface area contributed by atoms with E-state index < -0.39 is 0 Å². The topological polar surface area (TPSA) is 61.4 Å². The second-order valence-corrected chi connectivity index (χ2v) is 10.4. The normalized spacial score (nSPS) is 45.7. The summed E-state index contributed by atoms with van der Waals surface area (Å²) in [6.45, 7) is 7.08. The lowest BCUT2D eigenvalue weighted by atomic mass is 9.47. The van der Waals surface area contributed by atoms with Crippen LogP contribution in [0.4, 0.5) is 4.79 Å². The van der Waals surface area contributed by atoms with Crippen molar-refractivity contribution in [3.63, 3.8) is 0 Å². The smallest absolute Gasteiger partial charge is 0.314 e. The minimum Gasteiger partial charge on any atom is -0.341 e. The van der Waals surface area contributed by atoms with Gasteiger partial charge in [-0.25, -0.2) is 4.79 Å². The van der Waals surface area contributed by atoms with Crippen LogP contribution < -0.4 is 10.6 Å². The van der Waals surface area contributed by atoms with Gasteiger partial charge in [-0.2, -0.15) is 0 Å². The van der Waals surface area contributed by atoms with Crippen LogP contribution in [0.25, 0.3) is 0 Å². The van der Waals surface area contributed by atoms with Crippen molar-refractivity contribution in [2.45, 2.75) is 71.4 Å². The molecule has 1 aliphatic heterocycles. The minimum atomic E-state index is -0.0682. The Bertz CT molecular complexity index is 691. The van der Waals surface area contributed by atoms with Gasteiger partial charge in [-0.15, -0.1) is 0 Å². The summed E-state index contributed by atoms with van der Waals surface area (Å²) in [7, 11) is 3.67. The van der Waals surface area contributed by atoms with Gasteiger partial charge in [0.1, 0.15) is 0 Å². The maximum Gasteiger partial charge on any atom is 0.314 e. The summed E-state index contributed by atoms with van der Waals surface area (Å²) in [5, 5.41) is 5.86. The van der Waals surface area contributed by atoms with Crippen molar-refractivity contribution in [2.24, 2.45) is 34.5 Å². The van der Waals surface area contributed by atoms with Gasteiger partial charge < -0.3 is 15.5 Å². The Balaban J connectivity index is 1.57. The van der Waals surface area contributed by atoms with E-state index in [2.05, 4.69) is 37.5 Å². The number of nitrogens with one attached hydrogen (secondary N) is 2. The van der Waals surface area contributed by atoms with Gasteiger partial charge in [0.25, 0.3) is 0 Å². The Kier molecular flexibility index (Phi) is 4.79. The van der Waals surface area contributed by atoms with E-state index in [1.54, 1.807) is 7.05 Å². The number of urea groups is 1. The zero-order chi connectivity index (χ0) is 20.3. The molecule has 2 N–H and O–H groups in total. The van der Waals surface area contributed by atoms with E-state index >= 15 is 0 Å². The molecule has 5 heteroatoms. The van der Waals surface area contributed by atoms with Crippen LogP contribution in [0.5, 0.6) is 0 Å². The number of hydrogen-bond acceptors (Lipinski definition) is 2. The molecule has 3 fully saturated rings. The fourth-order valence-corrected chi connectivity index (χ4v) is 7.98. The maximum atomic E-state index is 12.2. The average molecular weight is 388 g/mol. The monoisotopic (exact) mass is 387 g/mol. The molecular formula is C23H37N3O2. The van der Waals surface area contributed by atoms with Crippen molar-refractivity contribution in [3.8, 4) is 0 Å². The minimum absolute atomic E-state index is 0.0682. The molecule has 0 aromatic heterocycles. The van der Waals surface area contributed by atoms with Gasteiger partial charge in [-0.1, -0.05) is 19.9 Å². The zero-order valence-electron chi connectivity index (χ0n) is 18.1. The molecule has 0 spiro atoms. The van der Waals surface area contributed by atoms with Crippen molar-refractivity contribution in [1.29, 1.82) is 0 Å². The third-order valence-corrected chi connectivity index (χ3v) is 9.39. The van der Waals surface area contributed by atoms with Crippen LogP contribution in [-0.2, 0) is 4.79 Å². The Morgan fingerprint density at radius 1 is 1.18 bits per heavy atom. The first kappa shape index (κ1) is 19.8. The zero-order valence-corrected chi connectivity index (χ0v) is 18.1. The molecule has 156 valence electrons. The molecule has 0 radical (unpaired) electrons. The Morgan fingerprint density at radius 2 is 1.93 bits per heavy atom. The van der Waals surface area contributed by atoms with Crippen molar-refractivity contribution >= 4 is 11.9 Å². The molecular weight excluding hydrogens is 350 g/mol. The van der Waals surface area contributed by atoms with Crippen molar-refractivity contribution in [2.75, 3.05) is 14.1 Å². The van der Waals surface area contributed by atoms with E-state index in [1.807, 2.05) is 18.0 Å². The van der Waals surface area contributed by atoms with Crippen LogP contribution in [0.1, 0.15) is 59.3 Å². The van der Waals surface area contributed by atoms with Gasteiger partial charge in [0.05, 0.1) is 0 Å². The van der Waals surface area contributed by atoms with Gasteiger partial charge in [-0.05, 0) is 80.6 Å². The molecule has 1 unspecified atom stereocenters. The van der Waals surface area contributed by atoms with Crippen molar-refractivity contribution in [1.82, 2.24) is 15.5 Å². The van der Waals surface area contributed by atoms with Crippen LogP contribution in [0.3, 0.4) is 0 Å². The average Bonchev–Trinajstić information content (AvgIpc) is 3.02. The Hall–Kier alpha value is -1.52. The highest BCUT2D eigenvalue weighted by atomic mass is 16.2. The number of hydrogen-bond donors (Lipinski definition) is 2. The van der Waals surface area contributed by atoms with Gasteiger partial charge in [0.15, 0.2) is 0 Å². The lowest BCUT2D eigenvalue weighted by Gasteiger charge is -2.60. The van der Waals surface area contributed by atoms with E-state index in [9.17, 15) is 9.59 Å². The summed E-state index contributed by atoms with van der Waals surface area (Å²) >= 11 is 0. The first-order valence-electron chi connectivity index (χ1n) is 11.2. The van der Waals surface area contributed by atoms with E-state index in [0.717, 1.165) is 18.3 Å². The van der Waals surface area contributed by atoms with E-state index in [-0.39, 0.29) is 23.4 Å². The number of fused-ring (bicyclic) bond motifs is 5. The van der Waals surface area contributed by atoms with Crippen LogP contribution in [0.15, 0.2) is 12.2 Å². The molecule has 3 amide bonds. The van der Waals surface area contributed by atoms with Gasteiger partial charge >= 0.3 is 6.03 Å². The molecule has 3 aliphatic carbocycles. The van der Waals surface area contributed by atoms with Gasteiger partial charge in [-0.3, -0.25) is 4.79 Å². The van der Waals surface area contributed by atoms with E-state index in [0.29, 0.717) is 23.3 Å². The van der Waals surface area contributed by atoms with E-state index in [1.165, 1.54) is 32.1 Å². The highest BCUT2D eigenvalue weighted by Gasteiger charge is 2.60. The Morgan fingerprint density at radius 3 is 2.64 bits per heavy atom. The number of nitrogens with zero attached hydrogens (tertiary/aromatic N) is 1. The first-order chi connectivity index (χ1) is 13.2. The number of amides is 3. The molecule has 8 atom stereocenters. The summed E-state index contributed by atoms with van der Waals surface area (Å²) < 4.78 is 0. The number of likely N-dealkylation sites (N-methyl/N-ethyl adjacent to an activating group) is 1. The lowest BCUT2D eigenvalue weighted by Crippen LogP contribution is -2.60. The molecule has 0 bridgehead atoms. The number of carbonyl (C=O) groups excluding carboxylic acids is 2. The van der Waals surface area contributed by atoms with E-state index in [4.69, 9.17) is 0 Å². The quantitative estimate of drug-likeness (QED) is 0.761. The second-order valence-electron chi connectivity index (χ2n) is 10.4. The van der Waals surface area contributed by atoms with Gasteiger partial charge in [0.2, 0.25) is 5.91 Å². The highest BCUT2D eigenvalue weighted by molar-refractivity contribution is 5.89. The molecule has 0 saturated heterocycles. The molecule has 5 nitrogen and oxygen atoms in total. The molecule has 3 saturated carbocycles. The van der Waals surface area contributed by atoms with Crippen molar-refractivity contribution < 1.29 is 9.59 Å². The fraction of sp³-hybridized carbons (Fsp3) is 0.826. The van der Waals surface area contributed by atoms with Crippen LogP contribution in [0, 0.1) is 34.5 Å². The summed E-state index contributed by atoms with van der Waals surface area (Å²) in [6, 6.07) is 0.486. The SMILES string of the molecule is CNC(=O)NC(C)[C@H]1CC[C@H]2[C@@H]3CC[C@H]4N(C)C(=O)C=C[C@]4(C)[C@H]3CC[C@]12C. The van der Waals surface area contributed by atoms with Crippen LogP contribution in [0.2, 0.25) is 0 Å². The predicted molar refractivity (Wildman–Crippen MR) is 111 cm³/mol. The first-order valence-corrected chi connectivity index (χ1v) is 11.2. The summed E-state index contributed by atoms with van der Waals surface area (Å²) in [4.78, 5) is 26.1. The summed E-state index contributed by atoms with van der Waals surface area (Å²) in [6.07, 6.45) is 11.4. The van der Waals surface area contributed by atoms with Crippen LogP contribution in [-0.4, -0.2) is 43.0 Å². The Labute approximate surface area is 169 Å². The number of carbonyl (C=O) groups is 2. The largest absolute Gasteiger partial charge is 0.341 e. The molecule has 1 heterocycles. The predicted octanol–water partition coefficient (Wildman–Crippen LogP) is 3.56. The molecule has 4 aliphatic rings. The maximum absolute atomic E-state index is 12.2. The van der Waals surface area contributed by atoms with Crippen molar-refractivity contribution in [3.05, 3.63) is 12.2 Å². The second kappa shape index (κ2) is 6.77. The van der Waals surface area contributed by atoms with Crippen LogP contribution >= 0.6 is 0 Å². The third-order valence-electron chi connectivity index (χ3n) is 9.39. The summed E-state index contributed by atoms with van der Waals surface area (Å²) in [5.41, 5.74) is 0.419. The molecule has 0 aromatic rings. The lowest BCUT2D eigenvalue weighted by molar-refractivity contribution is -0.139. The standard InChI is InChI=1S/C23H37N3O2/c1-14(25-21(28)24-4)16-7-8-17-15-6-9-19-23(3,13-11-20(27)26(19)5)18(15)10-12-22(16,17)2/h11,13-19H,6-10,12H2,1-5H3,(H2,24,25,28)/t14?,15-,16+,17-,18-,19+,22+,23+/m0/s1. The van der Waals surface area contributed by atoms with Gasteiger partial charge in [0, 0.05) is 31.6 Å². The highest BCUT2D eigenvalue weighted by Crippen LogP contribution is 2.65. The third kappa shape index (κ3) is 2.72. The molecule has 28 heavy (non-hydrogen) atoms. The fourth-order valence-electron chi connectivity index (χ4n) is 7.98.